The van der Waals surface area contributed by atoms with Crippen molar-refractivity contribution in [2.45, 2.75) is 26.3 Å². The molecule has 1 aromatic heterocycles. The van der Waals surface area contributed by atoms with Gasteiger partial charge in [0, 0.05) is 13.2 Å². The van der Waals surface area contributed by atoms with Crippen molar-refractivity contribution < 1.29 is 19.4 Å². The molecule has 0 atom stereocenters. The van der Waals surface area contributed by atoms with Crippen LogP contribution >= 0.6 is 0 Å². The Hall–Kier alpha value is -1.96. The fourth-order valence-corrected chi connectivity index (χ4v) is 1.29. The van der Waals surface area contributed by atoms with Gasteiger partial charge in [0.25, 0.3) is 5.91 Å². The third-order valence-electron chi connectivity index (χ3n) is 2.24. The smallest absolute Gasteiger partial charge is 0.325 e. The number of carbonyl (C=O) groups is 2. The van der Waals surface area contributed by atoms with E-state index in [0.29, 0.717) is 19.8 Å². The minimum absolute atomic E-state index is 0.0924. The minimum atomic E-state index is -1.04. The minimum Gasteiger partial charge on any atom is -0.480 e. The van der Waals surface area contributed by atoms with Crippen LogP contribution in [-0.4, -0.2) is 51.7 Å². The predicted octanol–water partition coefficient (Wildman–Crippen LogP) is -0.0908. The number of ether oxygens (including phenoxy) is 1. The summed E-state index contributed by atoms with van der Waals surface area (Å²) in [7, 11) is 0. The van der Waals surface area contributed by atoms with E-state index in [4.69, 9.17) is 9.84 Å². The first-order chi connectivity index (χ1) is 9.13. The van der Waals surface area contributed by atoms with E-state index in [2.05, 4.69) is 22.6 Å². The number of carboxylic acids is 1. The van der Waals surface area contributed by atoms with Crippen molar-refractivity contribution in [3.63, 3.8) is 0 Å². The lowest BCUT2D eigenvalue weighted by atomic mass is 10.4. The highest BCUT2D eigenvalue weighted by molar-refractivity contribution is 5.91. The number of aromatic nitrogens is 3. The first-order valence-corrected chi connectivity index (χ1v) is 6.11. The number of rotatable bonds is 9. The molecule has 0 saturated carbocycles. The van der Waals surface area contributed by atoms with Crippen molar-refractivity contribution >= 4 is 11.9 Å². The second-order valence-electron chi connectivity index (χ2n) is 3.92. The van der Waals surface area contributed by atoms with Gasteiger partial charge in [0.1, 0.15) is 6.54 Å². The van der Waals surface area contributed by atoms with Crippen molar-refractivity contribution in [3.8, 4) is 0 Å². The highest BCUT2D eigenvalue weighted by Crippen LogP contribution is 1.93. The normalized spacial score (nSPS) is 10.4. The summed E-state index contributed by atoms with van der Waals surface area (Å²) in [5.41, 5.74) is 0.0924. The van der Waals surface area contributed by atoms with E-state index in [1.165, 1.54) is 6.20 Å². The quantitative estimate of drug-likeness (QED) is 0.607. The van der Waals surface area contributed by atoms with Crippen LogP contribution in [0.5, 0.6) is 0 Å². The van der Waals surface area contributed by atoms with Crippen LogP contribution in [0.1, 0.15) is 30.3 Å². The molecule has 0 aliphatic carbocycles. The van der Waals surface area contributed by atoms with E-state index in [1.807, 2.05) is 0 Å². The molecule has 1 rings (SSSR count). The van der Waals surface area contributed by atoms with Crippen LogP contribution in [0.3, 0.4) is 0 Å². The number of carbonyl (C=O) groups excluding carboxylic acids is 1. The Morgan fingerprint density at radius 2 is 2.26 bits per heavy atom. The Kier molecular flexibility index (Phi) is 6.51. The largest absolute Gasteiger partial charge is 0.480 e. The molecular weight excluding hydrogens is 252 g/mol. The summed E-state index contributed by atoms with van der Waals surface area (Å²) in [5.74, 6) is -1.43. The number of carboxylic acid groups (broad SMARTS) is 1. The van der Waals surface area contributed by atoms with Crippen LogP contribution in [0.4, 0.5) is 0 Å². The maximum Gasteiger partial charge on any atom is 0.325 e. The molecule has 1 amide bonds. The average Bonchev–Trinajstić information content (AvgIpc) is 2.81. The summed E-state index contributed by atoms with van der Waals surface area (Å²) in [5, 5.41) is 18.3. The Balaban J connectivity index is 2.25. The number of amides is 1. The number of nitrogens with one attached hydrogen (secondary N) is 1. The number of hydrogen-bond acceptors (Lipinski definition) is 5. The van der Waals surface area contributed by atoms with Crippen molar-refractivity contribution in [2.24, 2.45) is 0 Å². The van der Waals surface area contributed by atoms with E-state index in [9.17, 15) is 9.59 Å². The van der Waals surface area contributed by atoms with Gasteiger partial charge in [-0.1, -0.05) is 18.6 Å². The molecule has 0 fully saturated rings. The van der Waals surface area contributed by atoms with Gasteiger partial charge in [-0.3, -0.25) is 9.59 Å². The topological polar surface area (TPSA) is 106 Å². The van der Waals surface area contributed by atoms with Crippen LogP contribution in [-0.2, 0) is 16.1 Å². The zero-order valence-corrected chi connectivity index (χ0v) is 10.8. The Bertz CT molecular complexity index is 419. The molecule has 8 nitrogen and oxygen atoms in total. The monoisotopic (exact) mass is 270 g/mol. The standard InChI is InChI=1S/C11H18N4O4/c1-2-3-5-19-6-4-12-11(18)9-7-15(14-13-9)8-10(16)17/h7H,2-6,8H2,1H3,(H,12,18)(H,16,17). The molecule has 0 radical (unpaired) electrons. The Morgan fingerprint density at radius 1 is 1.47 bits per heavy atom. The summed E-state index contributed by atoms with van der Waals surface area (Å²) in [6.45, 7) is 3.26. The van der Waals surface area contributed by atoms with Crippen LogP contribution in [0.25, 0.3) is 0 Å². The SMILES string of the molecule is CCCCOCCNC(=O)c1cn(CC(=O)O)nn1. The molecule has 0 saturated heterocycles. The third-order valence-corrected chi connectivity index (χ3v) is 2.24. The maximum absolute atomic E-state index is 11.6. The third kappa shape index (κ3) is 5.96. The van der Waals surface area contributed by atoms with Gasteiger partial charge in [-0.2, -0.15) is 0 Å². The number of hydrogen-bond donors (Lipinski definition) is 2. The fraction of sp³-hybridized carbons (Fsp3) is 0.636. The second kappa shape index (κ2) is 8.20. The molecule has 0 spiro atoms. The van der Waals surface area contributed by atoms with Crippen LogP contribution in [0, 0.1) is 0 Å². The van der Waals surface area contributed by atoms with E-state index >= 15 is 0 Å². The lowest BCUT2D eigenvalue weighted by Gasteiger charge is -2.04. The zero-order valence-electron chi connectivity index (χ0n) is 10.8. The van der Waals surface area contributed by atoms with Crippen LogP contribution in [0.15, 0.2) is 6.20 Å². The van der Waals surface area contributed by atoms with Gasteiger partial charge < -0.3 is 15.2 Å². The second-order valence-corrected chi connectivity index (χ2v) is 3.92. The van der Waals surface area contributed by atoms with Gasteiger partial charge in [0.15, 0.2) is 5.69 Å². The summed E-state index contributed by atoms with van der Waals surface area (Å²) < 4.78 is 6.38. The summed E-state index contributed by atoms with van der Waals surface area (Å²) in [6, 6.07) is 0. The van der Waals surface area contributed by atoms with Gasteiger partial charge in [-0.05, 0) is 6.42 Å². The number of aliphatic carboxylic acids is 1. The molecule has 0 aromatic carbocycles. The van der Waals surface area contributed by atoms with Crippen molar-refractivity contribution in [1.29, 1.82) is 0 Å². The van der Waals surface area contributed by atoms with Gasteiger partial charge in [0.2, 0.25) is 0 Å². The van der Waals surface area contributed by atoms with Crippen LogP contribution in [0.2, 0.25) is 0 Å². The summed E-state index contributed by atoms with van der Waals surface area (Å²) >= 11 is 0. The molecule has 2 N–H and O–H groups in total. The van der Waals surface area contributed by atoms with Crippen molar-refractivity contribution in [3.05, 3.63) is 11.9 Å². The molecule has 0 aliphatic rings. The van der Waals surface area contributed by atoms with E-state index in [1.54, 1.807) is 0 Å². The first kappa shape index (κ1) is 15.1. The van der Waals surface area contributed by atoms with E-state index in [0.717, 1.165) is 17.5 Å². The number of nitrogens with zero attached hydrogens (tertiary/aromatic N) is 3. The fourth-order valence-electron chi connectivity index (χ4n) is 1.29. The molecular formula is C11H18N4O4. The zero-order chi connectivity index (χ0) is 14.1. The maximum atomic E-state index is 11.6. The van der Waals surface area contributed by atoms with E-state index < -0.39 is 11.9 Å². The molecule has 0 aliphatic heterocycles. The van der Waals surface area contributed by atoms with E-state index in [-0.39, 0.29) is 12.2 Å². The van der Waals surface area contributed by atoms with Crippen molar-refractivity contribution in [2.75, 3.05) is 19.8 Å². The molecule has 0 unspecified atom stereocenters. The van der Waals surface area contributed by atoms with Gasteiger partial charge >= 0.3 is 5.97 Å². The summed E-state index contributed by atoms with van der Waals surface area (Å²) in [4.78, 5) is 22.0. The average molecular weight is 270 g/mol. The molecule has 19 heavy (non-hydrogen) atoms. The van der Waals surface area contributed by atoms with Crippen molar-refractivity contribution in [1.82, 2.24) is 20.3 Å². The lowest BCUT2D eigenvalue weighted by Crippen LogP contribution is -2.27. The summed E-state index contributed by atoms with van der Waals surface area (Å²) in [6.07, 6.45) is 3.36. The van der Waals surface area contributed by atoms with Crippen LogP contribution < -0.4 is 5.32 Å². The molecule has 8 heteroatoms. The molecule has 1 aromatic rings. The molecule has 106 valence electrons. The molecule has 1 heterocycles. The number of unbranched alkanes of at least 4 members (excludes halogenated alkanes) is 1. The lowest BCUT2D eigenvalue weighted by molar-refractivity contribution is -0.137. The highest BCUT2D eigenvalue weighted by Gasteiger charge is 2.11. The van der Waals surface area contributed by atoms with Gasteiger partial charge in [0.05, 0.1) is 12.8 Å². The molecule has 0 bridgehead atoms. The van der Waals surface area contributed by atoms with Gasteiger partial charge in [-0.15, -0.1) is 5.10 Å². The highest BCUT2D eigenvalue weighted by atomic mass is 16.5. The Labute approximate surface area is 110 Å². The Morgan fingerprint density at radius 3 is 2.95 bits per heavy atom. The van der Waals surface area contributed by atoms with Gasteiger partial charge in [-0.25, -0.2) is 4.68 Å². The first-order valence-electron chi connectivity index (χ1n) is 6.11. The predicted molar refractivity (Wildman–Crippen MR) is 65.7 cm³/mol.